The summed E-state index contributed by atoms with van der Waals surface area (Å²) >= 11 is 0. The number of hydrogen-bond donors (Lipinski definition) is 1. The Balaban J connectivity index is 1.42. The molecular formula is C28H26N2O5. The molecule has 4 rings (SSSR count). The number of rotatable bonds is 8. The quantitative estimate of drug-likeness (QED) is 0.412. The SMILES string of the molecule is Cc1cc2c(CC(=O)O)cccc2n1C(=O)c1ccc(OCCN(C)C(=O)c2ccccc2)cc1. The molecule has 0 saturated heterocycles. The number of fused-ring (bicyclic) bond motifs is 1. The normalized spacial score (nSPS) is 10.8. The molecule has 7 nitrogen and oxygen atoms in total. The van der Waals surface area contributed by atoms with Gasteiger partial charge in [0.15, 0.2) is 0 Å². The predicted octanol–water partition coefficient (Wildman–Crippen LogP) is 4.42. The van der Waals surface area contributed by atoms with E-state index < -0.39 is 5.97 Å². The molecule has 178 valence electrons. The Labute approximate surface area is 203 Å². The number of aliphatic carboxylic acids is 1. The van der Waals surface area contributed by atoms with Crippen molar-refractivity contribution < 1.29 is 24.2 Å². The van der Waals surface area contributed by atoms with Crippen LogP contribution in [0.4, 0.5) is 0 Å². The number of carbonyl (C=O) groups is 3. The molecule has 1 aromatic heterocycles. The van der Waals surface area contributed by atoms with Crippen LogP contribution in [-0.2, 0) is 11.2 Å². The van der Waals surface area contributed by atoms with Crippen LogP contribution in [-0.4, -0.2) is 52.6 Å². The molecular weight excluding hydrogens is 444 g/mol. The number of carboxylic acid groups (broad SMARTS) is 1. The zero-order valence-electron chi connectivity index (χ0n) is 19.6. The van der Waals surface area contributed by atoms with Gasteiger partial charge in [0.05, 0.1) is 18.5 Å². The highest BCUT2D eigenvalue weighted by Crippen LogP contribution is 2.25. The van der Waals surface area contributed by atoms with Crippen LogP contribution in [0.25, 0.3) is 10.9 Å². The highest BCUT2D eigenvalue weighted by molar-refractivity contribution is 6.04. The minimum absolute atomic E-state index is 0.0732. The molecule has 0 fully saturated rings. The molecule has 0 atom stereocenters. The van der Waals surface area contributed by atoms with E-state index in [0.717, 1.165) is 11.1 Å². The lowest BCUT2D eigenvalue weighted by Crippen LogP contribution is -2.30. The van der Waals surface area contributed by atoms with Crippen molar-refractivity contribution in [2.75, 3.05) is 20.2 Å². The first kappa shape index (κ1) is 23.8. The molecule has 1 N–H and O–H groups in total. The third kappa shape index (κ3) is 5.24. The summed E-state index contributed by atoms with van der Waals surface area (Å²) in [6.07, 6.45) is -0.104. The molecule has 0 aliphatic rings. The molecule has 0 aliphatic carbocycles. The Morgan fingerprint density at radius 3 is 2.31 bits per heavy atom. The predicted molar refractivity (Wildman–Crippen MR) is 133 cm³/mol. The Bertz CT molecular complexity index is 1370. The maximum Gasteiger partial charge on any atom is 0.307 e. The Kier molecular flexibility index (Phi) is 6.96. The van der Waals surface area contributed by atoms with Crippen molar-refractivity contribution in [3.63, 3.8) is 0 Å². The molecule has 1 heterocycles. The van der Waals surface area contributed by atoms with E-state index in [1.54, 1.807) is 65.0 Å². The fourth-order valence-corrected chi connectivity index (χ4v) is 4.04. The lowest BCUT2D eigenvalue weighted by molar-refractivity contribution is -0.136. The number of ether oxygens (including phenoxy) is 1. The number of amides is 1. The molecule has 0 unspecified atom stereocenters. The first-order valence-corrected chi connectivity index (χ1v) is 11.2. The van der Waals surface area contributed by atoms with Crippen molar-refractivity contribution in [2.24, 2.45) is 0 Å². The van der Waals surface area contributed by atoms with Gasteiger partial charge >= 0.3 is 5.97 Å². The van der Waals surface area contributed by atoms with Gasteiger partial charge in [0.2, 0.25) is 0 Å². The van der Waals surface area contributed by atoms with Gasteiger partial charge < -0.3 is 14.7 Å². The fourth-order valence-electron chi connectivity index (χ4n) is 4.04. The molecule has 0 saturated carbocycles. The zero-order valence-corrected chi connectivity index (χ0v) is 19.6. The van der Waals surface area contributed by atoms with Crippen LogP contribution >= 0.6 is 0 Å². The number of aromatic nitrogens is 1. The summed E-state index contributed by atoms with van der Waals surface area (Å²) in [5, 5.41) is 9.94. The number of carbonyl (C=O) groups excluding carboxylic acids is 2. The number of aryl methyl sites for hydroxylation is 1. The third-order valence-corrected chi connectivity index (χ3v) is 5.83. The van der Waals surface area contributed by atoms with Gasteiger partial charge in [-0.2, -0.15) is 0 Å². The molecule has 35 heavy (non-hydrogen) atoms. The average molecular weight is 471 g/mol. The lowest BCUT2D eigenvalue weighted by atomic mass is 10.1. The minimum atomic E-state index is -0.916. The van der Waals surface area contributed by atoms with Crippen LogP contribution in [0.3, 0.4) is 0 Å². The Hall–Kier alpha value is -4.39. The Morgan fingerprint density at radius 2 is 1.63 bits per heavy atom. The van der Waals surface area contributed by atoms with E-state index in [1.807, 2.05) is 37.3 Å². The molecule has 0 radical (unpaired) electrons. The van der Waals surface area contributed by atoms with Gasteiger partial charge in [0, 0.05) is 29.3 Å². The maximum atomic E-state index is 13.3. The van der Waals surface area contributed by atoms with E-state index in [2.05, 4.69) is 0 Å². The number of benzene rings is 3. The van der Waals surface area contributed by atoms with Crippen molar-refractivity contribution in [3.8, 4) is 5.75 Å². The summed E-state index contributed by atoms with van der Waals surface area (Å²) in [6.45, 7) is 2.56. The average Bonchev–Trinajstić information content (AvgIpc) is 3.20. The molecule has 0 aliphatic heterocycles. The van der Waals surface area contributed by atoms with Crippen molar-refractivity contribution >= 4 is 28.7 Å². The van der Waals surface area contributed by atoms with Crippen LogP contribution in [0.1, 0.15) is 32.0 Å². The van der Waals surface area contributed by atoms with Gasteiger partial charge in [-0.25, -0.2) is 0 Å². The smallest absolute Gasteiger partial charge is 0.307 e. The van der Waals surface area contributed by atoms with Crippen LogP contribution in [0, 0.1) is 6.92 Å². The molecule has 0 spiro atoms. The van der Waals surface area contributed by atoms with E-state index in [9.17, 15) is 19.5 Å². The minimum Gasteiger partial charge on any atom is -0.492 e. The zero-order chi connectivity index (χ0) is 24.9. The van der Waals surface area contributed by atoms with Gasteiger partial charge in [0.1, 0.15) is 12.4 Å². The van der Waals surface area contributed by atoms with Crippen LogP contribution in [0.5, 0.6) is 5.75 Å². The van der Waals surface area contributed by atoms with E-state index in [0.29, 0.717) is 41.1 Å². The topological polar surface area (TPSA) is 88.8 Å². The second-order valence-electron chi connectivity index (χ2n) is 8.31. The van der Waals surface area contributed by atoms with Crippen molar-refractivity contribution in [1.82, 2.24) is 9.47 Å². The second kappa shape index (κ2) is 10.3. The first-order valence-electron chi connectivity index (χ1n) is 11.2. The standard InChI is InChI=1S/C28H26N2O5/c1-19-17-24-22(18-26(31)32)9-6-10-25(24)30(19)28(34)21-11-13-23(14-12-21)35-16-15-29(2)27(33)20-7-4-3-5-8-20/h3-14,17H,15-16,18H2,1-2H3,(H,31,32). The van der Waals surface area contributed by atoms with Crippen molar-refractivity contribution in [1.29, 1.82) is 0 Å². The largest absolute Gasteiger partial charge is 0.492 e. The summed E-state index contributed by atoms with van der Waals surface area (Å²) in [4.78, 5) is 38.5. The first-order chi connectivity index (χ1) is 16.8. The summed E-state index contributed by atoms with van der Waals surface area (Å²) < 4.78 is 7.37. The van der Waals surface area contributed by atoms with Gasteiger partial charge in [-0.3, -0.25) is 19.0 Å². The summed E-state index contributed by atoms with van der Waals surface area (Å²) in [5.74, 6) is -0.596. The summed E-state index contributed by atoms with van der Waals surface area (Å²) in [7, 11) is 1.73. The van der Waals surface area contributed by atoms with E-state index in [4.69, 9.17) is 4.74 Å². The van der Waals surface area contributed by atoms with E-state index in [1.165, 1.54) is 0 Å². The second-order valence-corrected chi connectivity index (χ2v) is 8.31. The van der Waals surface area contributed by atoms with E-state index in [-0.39, 0.29) is 18.2 Å². The molecule has 0 bridgehead atoms. The van der Waals surface area contributed by atoms with Crippen LogP contribution in [0.15, 0.2) is 78.9 Å². The van der Waals surface area contributed by atoms with Crippen LogP contribution in [0.2, 0.25) is 0 Å². The lowest BCUT2D eigenvalue weighted by Gasteiger charge is -2.17. The van der Waals surface area contributed by atoms with Gasteiger partial charge in [-0.15, -0.1) is 0 Å². The monoisotopic (exact) mass is 470 g/mol. The Morgan fingerprint density at radius 1 is 0.914 bits per heavy atom. The number of likely N-dealkylation sites (N-methyl/N-ethyl adjacent to an activating group) is 1. The molecule has 1 amide bonds. The number of hydrogen-bond acceptors (Lipinski definition) is 4. The summed E-state index contributed by atoms with van der Waals surface area (Å²) in [5.41, 5.74) is 3.19. The van der Waals surface area contributed by atoms with Gasteiger partial charge in [-0.1, -0.05) is 30.3 Å². The van der Waals surface area contributed by atoms with Gasteiger partial charge in [-0.05, 0) is 61.0 Å². The third-order valence-electron chi connectivity index (χ3n) is 5.83. The number of carboxylic acids is 1. The molecule has 4 aromatic rings. The van der Waals surface area contributed by atoms with E-state index >= 15 is 0 Å². The summed E-state index contributed by atoms with van der Waals surface area (Å²) in [6, 6.07) is 23.1. The maximum absolute atomic E-state index is 13.3. The fraction of sp³-hybridized carbons (Fsp3) is 0.179. The van der Waals surface area contributed by atoms with Gasteiger partial charge in [0.25, 0.3) is 11.8 Å². The van der Waals surface area contributed by atoms with Crippen molar-refractivity contribution in [3.05, 3.63) is 101 Å². The molecule has 3 aromatic carbocycles. The highest BCUT2D eigenvalue weighted by atomic mass is 16.5. The highest BCUT2D eigenvalue weighted by Gasteiger charge is 2.17. The number of nitrogens with zero attached hydrogens (tertiary/aromatic N) is 2. The van der Waals surface area contributed by atoms with Crippen LogP contribution < -0.4 is 4.74 Å². The van der Waals surface area contributed by atoms with Crippen molar-refractivity contribution in [2.45, 2.75) is 13.3 Å². The molecule has 7 heteroatoms.